The van der Waals surface area contributed by atoms with E-state index in [0.717, 1.165) is 17.6 Å². The first-order valence-electron chi connectivity index (χ1n) is 8.33. The van der Waals surface area contributed by atoms with E-state index in [2.05, 4.69) is 5.32 Å². The molecular formula is C19H28ClNO4. The predicted molar refractivity (Wildman–Crippen MR) is 102 cm³/mol. The number of halogens is 1. The van der Waals surface area contributed by atoms with Gasteiger partial charge in [-0.3, -0.25) is 4.79 Å². The molecule has 2 rings (SSSR count). The third-order valence-electron chi connectivity index (χ3n) is 3.71. The van der Waals surface area contributed by atoms with Crippen LogP contribution >= 0.6 is 12.4 Å². The lowest BCUT2D eigenvalue weighted by molar-refractivity contribution is 0.0952. The number of Topliss-reactive ketones (excluding diaryl/α,β-unsaturated/α-hetero) is 1. The number of ketones is 1. The van der Waals surface area contributed by atoms with E-state index in [4.69, 9.17) is 9.15 Å². The number of hydrogen-bond acceptors (Lipinski definition) is 5. The van der Waals surface area contributed by atoms with Gasteiger partial charge in [0.2, 0.25) is 0 Å². The molecule has 1 aromatic carbocycles. The fraction of sp³-hybridized carbons (Fsp3) is 0.526. The van der Waals surface area contributed by atoms with Crippen molar-refractivity contribution in [1.82, 2.24) is 5.32 Å². The zero-order valence-electron chi connectivity index (χ0n) is 15.5. The van der Waals surface area contributed by atoms with Gasteiger partial charge in [0.1, 0.15) is 29.8 Å². The normalized spacial score (nSPS) is 12.7. The Morgan fingerprint density at radius 2 is 2.04 bits per heavy atom. The molecule has 2 aromatic rings. The van der Waals surface area contributed by atoms with Crippen molar-refractivity contribution in [2.75, 3.05) is 13.2 Å². The minimum absolute atomic E-state index is 0. The summed E-state index contributed by atoms with van der Waals surface area (Å²) >= 11 is 0. The number of carbonyl (C=O) groups is 1. The predicted octanol–water partition coefficient (Wildman–Crippen LogP) is 3.75. The maximum Gasteiger partial charge on any atom is 0.164 e. The Kier molecular flexibility index (Phi) is 7.47. The summed E-state index contributed by atoms with van der Waals surface area (Å²) in [6.45, 7) is 10.2. The molecule has 0 fully saturated rings. The largest absolute Gasteiger partial charge is 0.490 e. The maximum atomic E-state index is 12.1. The number of aliphatic hydroxyl groups excluding tert-OH is 1. The van der Waals surface area contributed by atoms with Crippen molar-refractivity contribution in [2.24, 2.45) is 0 Å². The van der Waals surface area contributed by atoms with Crippen molar-refractivity contribution in [2.45, 2.75) is 52.7 Å². The number of hydrogen-bond donors (Lipinski definition) is 2. The molecule has 0 aliphatic carbocycles. The minimum atomic E-state index is -0.657. The van der Waals surface area contributed by atoms with E-state index in [1.807, 2.05) is 33.8 Å². The summed E-state index contributed by atoms with van der Waals surface area (Å²) in [5.74, 6) is 1.23. The Bertz CT molecular complexity index is 718. The number of fused-ring (bicyclic) bond motifs is 1. The third kappa shape index (κ3) is 5.73. The zero-order valence-corrected chi connectivity index (χ0v) is 16.3. The number of β-amino-alcohol motifs (C(OH)–C–C–N with tert-alkyl or cyclic N) is 1. The SMILES string of the molecule is CCc1cc2c(C(C)=O)c(OCC(O)CNC(C)(C)C)ccc2o1.Cl. The topological polar surface area (TPSA) is 71.7 Å². The van der Waals surface area contributed by atoms with Crippen molar-refractivity contribution in [1.29, 1.82) is 0 Å². The fourth-order valence-electron chi connectivity index (χ4n) is 2.47. The molecule has 0 saturated heterocycles. The molecule has 0 amide bonds. The monoisotopic (exact) mass is 369 g/mol. The molecule has 0 aliphatic rings. The second-order valence-corrected chi connectivity index (χ2v) is 7.07. The summed E-state index contributed by atoms with van der Waals surface area (Å²) < 4.78 is 11.4. The number of rotatable bonds is 7. The molecule has 1 unspecified atom stereocenters. The Hall–Kier alpha value is -1.56. The Morgan fingerprint density at radius 1 is 1.36 bits per heavy atom. The summed E-state index contributed by atoms with van der Waals surface area (Å²) in [6.07, 6.45) is 0.106. The van der Waals surface area contributed by atoms with Crippen LogP contribution in [0, 0.1) is 0 Å². The third-order valence-corrected chi connectivity index (χ3v) is 3.71. The number of benzene rings is 1. The van der Waals surface area contributed by atoms with E-state index >= 15 is 0 Å². The number of aliphatic hydroxyl groups is 1. The molecule has 0 spiro atoms. The van der Waals surface area contributed by atoms with Crippen molar-refractivity contribution in [3.63, 3.8) is 0 Å². The lowest BCUT2D eigenvalue weighted by Crippen LogP contribution is -2.42. The highest BCUT2D eigenvalue weighted by Gasteiger charge is 2.18. The Balaban J connectivity index is 0.00000312. The van der Waals surface area contributed by atoms with E-state index in [-0.39, 0.29) is 30.3 Å². The lowest BCUT2D eigenvalue weighted by Gasteiger charge is -2.23. The van der Waals surface area contributed by atoms with Gasteiger partial charge in [-0.2, -0.15) is 0 Å². The van der Waals surface area contributed by atoms with Gasteiger partial charge in [-0.05, 0) is 45.9 Å². The van der Waals surface area contributed by atoms with Gasteiger partial charge in [-0.15, -0.1) is 12.4 Å². The number of carbonyl (C=O) groups excluding carboxylic acids is 1. The molecule has 1 aromatic heterocycles. The van der Waals surface area contributed by atoms with Crippen LogP contribution in [-0.4, -0.2) is 35.7 Å². The van der Waals surface area contributed by atoms with Crippen LogP contribution in [0.3, 0.4) is 0 Å². The van der Waals surface area contributed by atoms with Crippen LogP contribution in [0.5, 0.6) is 5.75 Å². The van der Waals surface area contributed by atoms with Gasteiger partial charge in [0.15, 0.2) is 5.78 Å². The Morgan fingerprint density at radius 3 is 2.60 bits per heavy atom. The molecule has 0 radical (unpaired) electrons. The fourth-order valence-corrected chi connectivity index (χ4v) is 2.47. The smallest absolute Gasteiger partial charge is 0.164 e. The van der Waals surface area contributed by atoms with Crippen molar-refractivity contribution >= 4 is 29.2 Å². The quantitative estimate of drug-likeness (QED) is 0.727. The molecule has 2 N–H and O–H groups in total. The summed E-state index contributed by atoms with van der Waals surface area (Å²) in [5.41, 5.74) is 1.11. The van der Waals surface area contributed by atoms with Crippen LogP contribution in [0.1, 0.15) is 50.7 Å². The van der Waals surface area contributed by atoms with Gasteiger partial charge in [0, 0.05) is 23.9 Å². The summed E-state index contributed by atoms with van der Waals surface area (Å²) in [4.78, 5) is 12.1. The molecule has 0 aliphatic heterocycles. The molecular weight excluding hydrogens is 342 g/mol. The minimum Gasteiger partial charge on any atom is -0.490 e. The second-order valence-electron chi connectivity index (χ2n) is 7.07. The van der Waals surface area contributed by atoms with E-state index < -0.39 is 6.10 Å². The second kappa shape index (κ2) is 8.70. The number of aryl methyl sites for hydroxylation is 1. The van der Waals surface area contributed by atoms with Gasteiger partial charge in [0.05, 0.1) is 5.56 Å². The molecule has 25 heavy (non-hydrogen) atoms. The first-order valence-corrected chi connectivity index (χ1v) is 8.33. The van der Waals surface area contributed by atoms with Gasteiger partial charge in [-0.25, -0.2) is 0 Å². The average Bonchev–Trinajstić information content (AvgIpc) is 2.92. The molecule has 1 atom stereocenters. The molecule has 0 saturated carbocycles. The molecule has 140 valence electrons. The van der Waals surface area contributed by atoms with Gasteiger partial charge < -0.3 is 19.6 Å². The number of ether oxygens (including phenoxy) is 1. The Labute approximate surface area is 155 Å². The average molecular weight is 370 g/mol. The van der Waals surface area contributed by atoms with Crippen LogP contribution < -0.4 is 10.1 Å². The van der Waals surface area contributed by atoms with Gasteiger partial charge in [0.25, 0.3) is 0 Å². The molecule has 1 heterocycles. The number of nitrogens with one attached hydrogen (secondary N) is 1. The highest BCUT2D eigenvalue weighted by atomic mass is 35.5. The molecule has 0 bridgehead atoms. The lowest BCUT2D eigenvalue weighted by atomic mass is 10.1. The first kappa shape index (κ1) is 21.5. The van der Waals surface area contributed by atoms with E-state index in [9.17, 15) is 9.90 Å². The van der Waals surface area contributed by atoms with Crippen LogP contribution in [0.15, 0.2) is 22.6 Å². The van der Waals surface area contributed by atoms with Crippen molar-refractivity contribution in [3.05, 3.63) is 29.5 Å². The van der Waals surface area contributed by atoms with E-state index in [0.29, 0.717) is 23.4 Å². The molecule has 6 heteroatoms. The standard InChI is InChI=1S/C19H27NO4.ClH/c1-6-14-9-15-16(24-14)7-8-17(18(15)12(2)21)23-11-13(22)10-20-19(3,4)5;/h7-9,13,20,22H,6,10-11H2,1-5H3;1H. The van der Waals surface area contributed by atoms with Crippen LogP contribution in [0.4, 0.5) is 0 Å². The van der Waals surface area contributed by atoms with Crippen LogP contribution in [-0.2, 0) is 6.42 Å². The highest BCUT2D eigenvalue weighted by Crippen LogP contribution is 2.31. The van der Waals surface area contributed by atoms with Crippen molar-refractivity contribution < 1.29 is 19.1 Å². The van der Waals surface area contributed by atoms with E-state index in [1.165, 1.54) is 6.92 Å². The van der Waals surface area contributed by atoms with E-state index in [1.54, 1.807) is 12.1 Å². The number of furan rings is 1. The summed E-state index contributed by atoms with van der Waals surface area (Å²) in [7, 11) is 0. The van der Waals surface area contributed by atoms with Crippen LogP contribution in [0.2, 0.25) is 0 Å². The first-order chi connectivity index (χ1) is 11.2. The van der Waals surface area contributed by atoms with Gasteiger partial charge >= 0.3 is 0 Å². The highest BCUT2D eigenvalue weighted by molar-refractivity contribution is 6.08. The summed E-state index contributed by atoms with van der Waals surface area (Å²) in [6, 6.07) is 5.42. The van der Waals surface area contributed by atoms with Gasteiger partial charge in [-0.1, -0.05) is 6.92 Å². The molecule has 5 nitrogen and oxygen atoms in total. The van der Waals surface area contributed by atoms with Crippen LogP contribution in [0.25, 0.3) is 11.0 Å². The summed E-state index contributed by atoms with van der Waals surface area (Å²) in [5, 5.41) is 14.1. The van der Waals surface area contributed by atoms with Crippen molar-refractivity contribution in [3.8, 4) is 5.75 Å². The maximum absolute atomic E-state index is 12.1. The zero-order chi connectivity index (χ0) is 17.9.